The topological polar surface area (TPSA) is 49.3 Å². The van der Waals surface area contributed by atoms with Crippen molar-refractivity contribution in [2.24, 2.45) is 0 Å². The van der Waals surface area contributed by atoms with Gasteiger partial charge in [0, 0.05) is 23.9 Å². The molecule has 3 rings (SSSR count). The molecule has 27 heavy (non-hydrogen) atoms. The van der Waals surface area contributed by atoms with E-state index in [4.69, 9.17) is 0 Å². The summed E-state index contributed by atoms with van der Waals surface area (Å²) in [5, 5.41) is 13.4. The van der Waals surface area contributed by atoms with Crippen LogP contribution in [0.25, 0.3) is 0 Å². The van der Waals surface area contributed by atoms with Crippen LogP contribution in [-0.4, -0.2) is 17.1 Å². The highest BCUT2D eigenvalue weighted by atomic mass is 16.3. The Bertz CT molecular complexity index is 862. The number of rotatable bonds is 7. The minimum atomic E-state index is -0.184. The number of aromatic hydroxyl groups is 1. The molecule has 0 spiro atoms. The van der Waals surface area contributed by atoms with E-state index in [1.165, 1.54) is 5.56 Å². The predicted molar refractivity (Wildman–Crippen MR) is 109 cm³/mol. The number of nitrogens with one attached hydrogen (secondary N) is 1. The van der Waals surface area contributed by atoms with Gasteiger partial charge in [0.25, 0.3) is 0 Å². The third kappa shape index (κ3) is 5.20. The van der Waals surface area contributed by atoms with E-state index >= 15 is 0 Å². The van der Waals surface area contributed by atoms with E-state index in [-0.39, 0.29) is 23.6 Å². The van der Waals surface area contributed by atoms with E-state index < -0.39 is 0 Å². The van der Waals surface area contributed by atoms with Gasteiger partial charge in [-0.25, -0.2) is 0 Å². The standard InChI is InChI=1S/C24H25NO2/c1-18(16-19-10-4-2-5-11-19)25-24(27)17-22(20-12-6-3-7-13-20)21-14-8-9-15-23(21)26/h2-15,18,22,26H,16-17H2,1H3,(H,25,27)/t18-,22+/m0/s1. The molecule has 0 aromatic heterocycles. The second-order valence-electron chi connectivity index (χ2n) is 6.88. The zero-order valence-corrected chi connectivity index (χ0v) is 15.5. The Morgan fingerprint density at radius 1 is 0.889 bits per heavy atom. The minimum absolute atomic E-state index is 0.0180. The molecule has 0 unspecified atom stereocenters. The molecule has 0 aliphatic heterocycles. The molecule has 0 saturated heterocycles. The molecule has 1 amide bonds. The van der Waals surface area contributed by atoms with E-state index in [0.29, 0.717) is 6.42 Å². The van der Waals surface area contributed by atoms with Crippen LogP contribution < -0.4 is 5.32 Å². The maximum absolute atomic E-state index is 12.7. The van der Waals surface area contributed by atoms with E-state index in [1.807, 2.05) is 67.6 Å². The highest BCUT2D eigenvalue weighted by Crippen LogP contribution is 2.33. The lowest BCUT2D eigenvalue weighted by atomic mass is 9.87. The third-order valence-electron chi connectivity index (χ3n) is 4.70. The van der Waals surface area contributed by atoms with Gasteiger partial charge in [0.15, 0.2) is 0 Å². The van der Waals surface area contributed by atoms with Crippen LogP contribution in [0.3, 0.4) is 0 Å². The highest BCUT2D eigenvalue weighted by Gasteiger charge is 2.21. The summed E-state index contributed by atoms with van der Waals surface area (Å²) in [6, 6.07) is 27.3. The van der Waals surface area contributed by atoms with Gasteiger partial charge in [-0.05, 0) is 30.5 Å². The van der Waals surface area contributed by atoms with Crippen molar-refractivity contribution in [2.75, 3.05) is 0 Å². The molecule has 0 aliphatic carbocycles. The Balaban J connectivity index is 1.72. The summed E-state index contributed by atoms with van der Waals surface area (Å²) in [5.74, 6) is 0.0170. The molecule has 3 aromatic rings. The molecular weight excluding hydrogens is 334 g/mol. The van der Waals surface area contributed by atoms with Gasteiger partial charge in [0.2, 0.25) is 5.91 Å². The number of para-hydroxylation sites is 1. The van der Waals surface area contributed by atoms with Crippen LogP contribution in [0.5, 0.6) is 5.75 Å². The summed E-state index contributed by atoms with van der Waals surface area (Å²) < 4.78 is 0. The number of phenolic OH excluding ortho intramolecular Hbond substituents is 1. The monoisotopic (exact) mass is 359 g/mol. The number of hydrogen-bond donors (Lipinski definition) is 2. The Morgan fingerprint density at radius 2 is 1.48 bits per heavy atom. The minimum Gasteiger partial charge on any atom is -0.508 e. The number of amides is 1. The van der Waals surface area contributed by atoms with Gasteiger partial charge in [-0.1, -0.05) is 78.9 Å². The lowest BCUT2D eigenvalue weighted by molar-refractivity contribution is -0.121. The predicted octanol–water partition coefficient (Wildman–Crippen LogP) is 4.66. The van der Waals surface area contributed by atoms with Crippen molar-refractivity contribution in [3.8, 4) is 5.75 Å². The van der Waals surface area contributed by atoms with Crippen LogP contribution in [0.15, 0.2) is 84.9 Å². The first-order valence-electron chi connectivity index (χ1n) is 9.29. The van der Waals surface area contributed by atoms with Crippen LogP contribution in [0, 0.1) is 0 Å². The van der Waals surface area contributed by atoms with E-state index in [0.717, 1.165) is 17.5 Å². The van der Waals surface area contributed by atoms with Gasteiger partial charge in [-0.2, -0.15) is 0 Å². The molecule has 0 heterocycles. The number of carbonyl (C=O) groups excluding carboxylic acids is 1. The van der Waals surface area contributed by atoms with Crippen LogP contribution in [0.4, 0.5) is 0 Å². The van der Waals surface area contributed by atoms with Crippen molar-refractivity contribution in [3.63, 3.8) is 0 Å². The first kappa shape index (κ1) is 18.7. The summed E-state index contributed by atoms with van der Waals surface area (Å²) in [4.78, 5) is 12.7. The van der Waals surface area contributed by atoms with Crippen LogP contribution in [0.2, 0.25) is 0 Å². The number of hydrogen-bond acceptors (Lipinski definition) is 2. The van der Waals surface area contributed by atoms with Crippen LogP contribution in [-0.2, 0) is 11.2 Å². The van der Waals surface area contributed by atoms with E-state index in [1.54, 1.807) is 12.1 Å². The van der Waals surface area contributed by atoms with E-state index in [2.05, 4.69) is 17.4 Å². The summed E-state index contributed by atoms with van der Waals surface area (Å²) in [6.45, 7) is 2.02. The maximum Gasteiger partial charge on any atom is 0.221 e. The summed E-state index contributed by atoms with van der Waals surface area (Å²) >= 11 is 0. The average Bonchev–Trinajstić information content (AvgIpc) is 2.68. The van der Waals surface area contributed by atoms with Crippen molar-refractivity contribution >= 4 is 5.91 Å². The Labute approximate surface area is 160 Å². The highest BCUT2D eigenvalue weighted by molar-refractivity contribution is 5.78. The molecular formula is C24H25NO2. The molecule has 3 nitrogen and oxygen atoms in total. The lowest BCUT2D eigenvalue weighted by Gasteiger charge is -2.21. The quantitative estimate of drug-likeness (QED) is 0.644. The smallest absolute Gasteiger partial charge is 0.221 e. The molecule has 2 N–H and O–H groups in total. The van der Waals surface area contributed by atoms with Gasteiger partial charge < -0.3 is 10.4 Å². The van der Waals surface area contributed by atoms with Crippen molar-refractivity contribution < 1.29 is 9.90 Å². The van der Waals surface area contributed by atoms with Gasteiger partial charge in [-0.3, -0.25) is 4.79 Å². The van der Waals surface area contributed by atoms with Crippen LogP contribution in [0.1, 0.15) is 36.0 Å². The molecule has 3 heteroatoms. The Hall–Kier alpha value is -3.07. The Morgan fingerprint density at radius 3 is 2.15 bits per heavy atom. The third-order valence-corrected chi connectivity index (χ3v) is 4.70. The van der Waals surface area contributed by atoms with E-state index in [9.17, 15) is 9.90 Å². The summed E-state index contributed by atoms with van der Waals surface area (Å²) in [7, 11) is 0. The van der Waals surface area contributed by atoms with Crippen molar-refractivity contribution in [1.29, 1.82) is 0 Å². The molecule has 2 atom stereocenters. The van der Waals surface area contributed by atoms with Gasteiger partial charge in [0.05, 0.1) is 0 Å². The molecule has 138 valence electrons. The molecule has 0 aliphatic rings. The van der Waals surface area contributed by atoms with Crippen LogP contribution >= 0.6 is 0 Å². The van der Waals surface area contributed by atoms with Crippen molar-refractivity contribution in [1.82, 2.24) is 5.32 Å². The fourth-order valence-corrected chi connectivity index (χ4v) is 3.41. The Kier molecular flexibility index (Phi) is 6.26. The maximum atomic E-state index is 12.7. The van der Waals surface area contributed by atoms with Crippen molar-refractivity contribution in [2.45, 2.75) is 31.7 Å². The molecule has 0 fully saturated rings. The molecule has 3 aromatic carbocycles. The normalized spacial score (nSPS) is 12.9. The second kappa shape index (κ2) is 9.04. The number of phenols is 1. The average molecular weight is 359 g/mol. The van der Waals surface area contributed by atoms with Gasteiger partial charge in [-0.15, -0.1) is 0 Å². The fraction of sp³-hybridized carbons (Fsp3) is 0.208. The van der Waals surface area contributed by atoms with Gasteiger partial charge >= 0.3 is 0 Å². The summed E-state index contributed by atoms with van der Waals surface area (Å²) in [5.41, 5.74) is 2.99. The molecule has 0 saturated carbocycles. The molecule has 0 bridgehead atoms. The lowest BCUT2D eigenvalue weighted by Crippen LogP contribution is -2.35. The SMILES string of the molecule is C[C@@H](Cc1ccccc1)NC(=O)C[C@H](c1ccccc1)c1ccccc1O. The zero-order valence-electron chi connectivity index (χ0n) is 15.5. The first-order chi connectivity index (χ1) is 13.1. The fourth-order valence-electron chi connectivity index (χ4n) is 3.41. The van der Waals surface area contributed by atoms with Crippen molar-refractivity contribution in [3.05, 3.63) is 102 Å². The first-order valence-corrected chi connectivity index (χ1v) is 9.29. The molecule has 0 radical (unpaired) electrons. The largest absolute Gasteiger partial charge is 0.508 e. The summed E-state index contributed by atoms with van der Waals surface area (Å²) in [6.07, 6.45) is 1.08. The van der Waals surface area contributed by atoms with Gasteiger partial charge in [0.1, 0.15) is 5.75 Å². The number of benzene rings is 3. The zero-order chi connectivity index (χ0) is 19.1. The second-order valence-corrected chi connectivity index (χ2v) is 6.88. The number of carbonyl (C=O) groups is 1.